The van der Waals surface area contributed by atoms with Gasteiger partial charge in [-0.1, -0.05) is 20.8 Å². The van der Waals surface area contributed by atoms with Crippen molar-refractivity contribution in [3.63, 3.8) is 0 Å². The van der Waals surface area contributed by atoms with Crippen molar-refractivity contribution in [3.8, 4) is 0 Å². The topological polar surface area (TPSA) is 37.3 Å². The first kappa shape index (κ1) is 7.58. The molecule has 2 heteroatoms. The van der Waals surface area contributed by atoms with E-state index in [1.54, 1.807) is 0 Å². The zero-order valence-corrected chi connectivity index (χ0v) is 6.93. The average Bonchev–Trinajstić information content (AvgIpc) is 2.16. The maximum absolute atomic E-state index is 10.7. The fourth-order valence-corrected chi connectivity index (χ4v) is 1.73. The number of carboxylic acids is 1. The van der Waals surface area contributed by atoms with Crippen molar-refractivity contribution in [3.05, 3.63) is 0 Å². The van der Waals surface area contributed by atoms with E-state index in [1.165, 1.54) is 0 Å². The van der Waals surface area contributed by atoms with Gasteiger partial charge in [-0.2, -0.15) is 0 Å². The van der Waals surface area contributed by atoms with Gasteiger partial charge in [0, 0.05) is 0 Å². The van der Waals surface area contributed by atoms with Crippen LogP contribution in [-0.4, -0.2) is 11.1 Å². The van der Waals surface area contributed by atoms with Crippen molar-refractivity contribution in [1.29, 1.82) is 0 Å². The van der Waals surface area contributed by atoms with E-state index >= 15 is 0 Å². The largest absolute Gasteiger partial charge is 0.481 e. The number of hydrogen-bond acceptors (Lipinski definition) is 1. The van der Waals surface area contributed by atoms with Crippen molar-refractivity contribution in [2.75, 3.05) is 0 Å². The van der Waals surface area contributed by atoms with E-state index in [9.17, 15) is 4.79 Å². The summed E-state index contributed by atoms with van der Waals surface area (Å²) in [5, 5.41) is 8.82. The van der Waals surface area contributed by atoms with E-state index < -0.39 is 11.4 Å². The molecule has 1 saturated carbocycles. The highest BCUT2D eigenvalue weighted by molar-refractivity contribution is 5.80. The van der Waals surface area contributed by atoms with Gasteiger partial charge in [0.15, 0.2) is 0 Å². The highest BCUT2D eigenvalue weighted by atomic mass is 16.4. The fourth-order valence-electron chi connectivity index (χ4n) is 1.73. The van der Waals surface area contributed by atoms with Gasteiger partial charge in [-0.05, 0) is 18.3 Å². The monoisotopic (exact) mass is 142 g/mol. The standard InChI is InChI=1S/C8H14O2/c1-5-7(2,3)8(5,4)6(9)10/h5H,1-4H3,(H,9,10). The van der Waals surface area contributed by atoms with E-state index in [0.717, 1.165) is 0 Å². The first-order chi connectivity index (χ1) is 4.35. The van der Waals surface area contributed by atoms with Crippen molar-refractivity contribution in [2.24, 2.45) is 16.7 Å². The minimum Gasteiger partial charge on any atom is -0.481 e. The molecule has 2 nitrogen and oxygen atoms in total. The third-order valence-electron chi connectivity index (χ3n) is 3.65. The molecule has 0 aromatic carbocycles. The lowest BCUT2D eigenvalue weighted by atomic mass is 9.99. The van der Waals surface area contributed by atoms with Crippen LogP contribution in [0.15, 0.2) is 0 Å². The second kappa shape index (κ2) is 1.55. The molecular weight excluding hydrogens is 128 g/mol. The first-order valence-electron chi connectivity index (χ1n) is 3.58. The first-order valence-corrected chi connectivity index (χ1v) is 3.58. The third kappa shape index (κ3) is 0.522. The number of rotatable bonds is 1. The molecule has 0 aromatic rings. The molecule has 1 N–H and O–H groups in total. The second-order valence-electron chi connectivity index (χ2n) is 3.95. The number of carboxylic acid groups (broad SMARTS) is 1. The van der Waals surface area contributed by atoms with Crippen LogP contribution in [0, 0.1) is 16.7 Å². The number of aliphatic carboxylic acids is 1. The van der Waals surface area contributed by atoms with E-state index in [0.29, 0.717) is 5.92 Å². The SMILES string of the molecule is CC1C(C)(C)C1(C)C(=O)O. The average molecular weight is 142 g/mol. The minimum absolute atomic E-state index is 0.0150. The number of carbonyl (C=O) groups is 1. The molecule has 0 spiro atoms. The van der Waals surface area contributed by atoms with Gasteiger partial charge in [0.1, 0.15) is 0 Å². The Kier molecular flexibility index (Phi) is 1.17. The zero-order valence-electron chi connectivity index (χ0n) is 6.93. The van der Waals surface area contributed by atoms with Crippen LogP contribution in [0.25, 0.3) is 0 Å². The molecule has 1 aliphatic rings. The van der Waals surface area contributed by atoms with Crippen molar-refractivity contribution in [2.45, 2.75) is 27.7 Å². The number of hydrogen-bond donors (Lipinski definition) is 1. The Balaban J connectivity index is 2.88. The lowest BCUT2D eigenvalue weighted by molar-refractivity contribution is -0.144. The summed E-state index contributed by atoms with van der Waals surface area (Å²) in [6.45, 7) is 7.83. The molecule has 1 aliphatic carbocycles. The van der Waals surface area contributed by atoms with Crippen LogP contribution in [-0.2, 0) is 4.79 Å². The molecule has 0 radical (unpaired) electrons. The molecule has 2 atom stereocenters. The molecule has 58 valence electrons. The summed E-state index contributed by atoms with van der Waals surface area (Å²) in [7, 11) is 0. The second-order valence-corrected chi connectivity index (χ2v) is 3.95. The fraction of sp³-hybridized carbons (Fsp3) is 0.875. The predicted molar refractivity (Wildman–Crippen MR) is 38.7 cm³/mol. The minimum atomic E-state index is -0.662. The van der Waals surface area contributed by atoms with Crippen LogP contribution >= 0.6 is 0 Å². The van der Waals surface area contributed by atoms with Crippen LogP contribution in [0.1, 0.15) is 27.7 Å². The van der Waals surface area contributed by atoms with Crippen molar-refractivity contribution in [1.82, 2.24) is 0 Å². The van der Waals surface area contributed by atoms with Crippen LogP contribution in [0.3, 0.4) is 0 Å². The lowest BCUT2D eigenvalue weighted by Crippen LogP contribution is -2.16. The maximum Gasteiger partial charge on any atom is 0.310 e. The molecule has 0 aromatic heterocycles. The summed E-state index contributed by atoms with van der Waals surface area (Å²) >= 11 is 0. The van der Waals surface area contributed by atoms with Gasteiger partial charge in [0.2, 0.25) is 0 Å². The molecular formula is C8H14O2. The van der Waals surface area contributed by atoms with Crippen LogP contribution in [0.2, 0.25) is 0 Å². The molecule has 10 heavy (non-hydrogen) atoms. The highest BCUT2D eigenvalue weighted by Gasteiger charge is 2.70. The van der Waals surface area contributed by atoms with Crippen LogP contribution < -0.4 is 0 Å². The Morgan fingerprint density at radius 1 is 1.40 bits per heavy atom. The summed E-state index contributed by atoms with van der Waals surface area (Å²) in [6.07, 6.45) is 0. The third-order valence-corrected chi connectivity index (χ3v) is 3.65. The van der Waals surface area contributed by atoms with Gasteiger partial charge in [-0.15, -0.1) is 0 Å². The van der Waals surface area contributed by atoms with Crippen LogP contribution in [0.5, 0.6) is 0 Å². The highest BCUT2D eigenvalue weighted by Crippen LogP contribution is 2.68. The zero-order chi connectivity index (χ0) is 8.15. The van der Waals surface area contributed by atoms with Gasteiger partial charge in [0.05, 0.1) is 5.41 Å². The molecule has 0 aliphatic heterocycles. The van der Waals surface area contributed by atoms with E-state index in [-0.39, 0.29) is 5.41 Å². The van der Waals surface area contributed by atoms with Crippen molar-refractivity contribution >= 4 is 5.97 Å². The van der Waals surface area contributed by atoms with Crippen molar-refractivity contribution < 1.29 is 9.90 Å². The summed E-state index contributed by atoms with van der Waals surface area (Å²) in [5.41, 5.74) is -0.494. The van der Waals surface area contributed by atoms with E-state index in [4.69, 9.17) is 5.11 Å². The van der Waals surface area contributed by atoms with Gasteiger partial charge in [-0.25, -0.2) is 0 Å². The predicted octanol–water partition coefficient (Wildman–Crippen LogP) is 1.75. The molecule has 0 heterocycles. The van der Waals surface area contributed by atoms with Gasteiger partial charge in [0.25, 0.3) is 0 Å². The summed E-state index contributed by atoms with van der Waals surface area (Å²) in [5.74, 6) is -0.359. The Labute approximate surface area is 61.2 Å². The maximum atomic E-state index is 10.7. The summed E-state index contributed by atoms with van der Waals surface area (Å²) in [6, 6.07) is 0. The lowest BCUT2D eigenvalue weighted by Gasteiger charge is -2.06. The Hall–Kier alpha value is -0.530. The smallest absolute Gasteiger partial charge is 0.310 e. The van der Waals surface area contributed by atoms with Crippen LogP contribution in [0.4, 0.5) is 0 Å². The summed E-state index contributed by atoms with van der Waals surface area (Å²) in [4.78, 5) is 10.7. The Bertz CT molecular complexity index is 184. The Morgan fingerprint density at radius 3 is 1.70 bits per heavy atom. The molecule has 1 fully saturated rings. The van der Waals surface area contributed by atoms with Gasteiger partial charge >= 0.3 is 5.97 Å². The molecule has 0 bridgehead atoms. The molecule has 0 saturated heterocycles. The van der Waals surface area contributed by atoms with E-state index in [1.807, 2.05) is 27.7 Å². The molecule has 1 rings (SSSR count). The van der Waals surface area contributed by atoms with Gasteiger partial charge < -0.3 is 5.11 Å². The normalized spacial score (nSPS) is 43.0. The Morgan fingerprint density at radius 2 is 1.70 bits per heavy atom. The van der Waals surface area contributed by atoms with Gasteiger partial charge in [-0.3, -0.25) is 4.79 Å². The molecule has 2 unspecified atom stereocenters. The molecule has 0 amide bonds. The quantitative estimate of drug-likeness (QED) is 0.605. The summed E-state index contributed by atoms with van der Waals surface area (Å²) < 4.78 is 0. The van der Waals surface area contributed by atoms with E-state index in [2.05, 4.69) is 0 Å².